The van der Waals surface area contributed by atoms with Crippen LogP contribution in [-0.2, 0) is 14.3 Å². The SMILES string of the molecule is C[C@@H]1CN(CN2C(=O)[C@H]3CC=CC[C@H]3C2=O)C[C@H](C)O1. The molecule has 5 nitrogen and oxygen atoms in total. The molecule has 3 aliphatic rings. The van der Waals surface area contributed by atoms with E-state index >= 15 is 0 Å². The Balaban J connectivity index is 1.68. The van der Waals surface area contributed by atoms with Crippen LogP contribution in [-0.4, -0.2) is 53.6 Å². The minimum atomic E-state index is -0.122. The zero-order valence-corrected chi connectivity index (χ0v) is 12.1. The van der Waals surface area contributed by atoms with Crippen LogP contribution in [0.25, 0.3) is 0 Å². The Labute approximate surface area is 119 Å². The van der Waals surface area contributed by atoms with Crippen molar-refractivity contribution in [2.75, 3.05) is 19.8 Å². The molecule has 3 rings (SSSR count). The normalized spacial score (nSPS) is 38.4. The summed E-state index contributed by atoms with van der Waals surface area (Å²) in [5.74, 6) is -0.223. The molecule has 0 radical (unpaired) electrons. The molecular weight excluding hydrogens is 256 g/mol. The van der Waals surface area contributed by atoms with Crippen molar-refractivity contribution in [1.82, 2.24) is 9.80 Å². The summed E-state index contributed by atoms with van der Waals surface area (Å²) in [6, 6.07) is 0. The number of carbonyl (C=O) groups is 2. The van der Waals surface area contributed by atoms with Gasteiger partial charge in [0.2, 0.25) is 11.8 Å². The summed E-state index contributed by atoms with van der Waals surface area (Å²) in [4.78, 5) is 28.4. The molecule has 0 aromatic carbocycles. The lowest BCUT2D eigenvalue weighted by molar-refractivity contribution is -0.146. The van der Waals surface area contributed by atoms with Gasteiger partial charge in [0.25, 0.3) is 0 Å². The van der Waals surface area contributed by atoms with Gasteiger partial charge in [0.1, 0.15) is 0 Å². The number of rotatable bonds is 2. The summed E-state index contributed by atoms with van der Waals surface area (Å²) in [7, 11) is 0. The fraction of sp³-hybridized carbons (Fsp3) is 0.733. The molecule has 0 spiro atoms. The van der Waals surface area contributed by atoms with E-state index in [0.29, 0.717) is 19.5 Å². The third-order valence-corrected chi connectivity index (χ3v) is 4.44. The van der Waals surface area contributed by atoms with Crippen molar-refractivity contribution in [2.45, 2.75) is 38.9 Å². The topological polar surface area (TPSA) is 49.9 Å². The molecule has 1 aliphatic carbocycles. The second-order valence-corrected chi connectivity index (χ2v) is 6.20. The van der Waals surface area contributed by atoms with Gasteiger partial charge in [-0.15, -0.1) is 0 Å². The van der Waals surface area contributed by atoms with Crippen LogP contribution >= 0.6 is 0 Å². The van der Waals surface area contributed by atoms with Crippen molar-refractivity contribution >= 4 is 11.8 Å². The van der Waals surface area contributed by atoms with Gasteiger partial charge in [0.05, 0.1) is 30.7 Å². The molecule has 0 saturated carbocycles. The zero-order valence-electron chi connectivity index (χ0n) is 12.1. The van der Waals surface area contributed by atoms with Gasteiger partial charge in [0, 0.05) is 13.1 Å². The van der Waals surface area contributed by atoms with Crippen LogP contribution in [0, 0.1) is 11.8 Å². The van der Waals surface area contributed by atoms with Crippen LogP contribution < -0.4 is 0 Å². The maximum absolute atomic E-state index is 12.4. The second kappa shape index (κ2) is 5.30. The number of hydrogen-bond donors (Lipinski definition) is 0. The van der Waals surface area contributed by atoms with E-state index in [1.54, 1.807) is 0 Å². The first kappa shape index (κ1) is 13.8. The second-order valence-electron chi connectivity index (χ2n) is 6.20. The first-order valence-electron chi connectivity index (χ1n) is 7.44. The standard InChI is InChI=1S/C15H22N2O3/c1-10-7-16(8-11(2)20-10)9-17-14(18)12-5-3-4-6-13(12)15(17)19/h3-4,10-13H,5-9H2,1-2H3/t10-,11+,12-,13+. The lowest BCUT2D eigenvalue weighted by Gasteiger charge is -2.36. The van der Waals surface area contributed by atoms with Gasteiger partial charge in [-0.2, -0.15) is 0 Å². The van der Waals surface area contributed by atoms with Crippen LogP contribution in [0.3, 0.4) is 0 Å². The predicted octanol–water partition coefficient (Wildman–Crippen LogP) is 1.00. The highest BCUT2D eigenvalue weighted by molar-refractivity contribution is 6.05. The molecular formula is C15H22N2O3. The highest BCUT2D eigenvalue weighted by Crippen LogP contribution is 2.35. The average molecular weight is 278 g/mol. The number of amides is 2. The lowest BCUT2D eigenvalue weighted by Crippen LogP contribution is -2.51. The largest absolute Gasteiger partial charge is 0.373 e. The van der Waals surface area contributed by atoms with Crippen molar-refractivity contribution < 1.29 is 14.3 Å². The maximum atomic E-state index is 12.4. The van der Waals surface area contributed by atoms with Crippen molar-refractivity contribution in [3.8, 4) is 0 Å². The van der Waals surface area contributed by atoms with Crippen molar-refractivity contribution in [3.05, 3.63) is 12.2 Å². The number of likely N-dealkylation sites (tertiary alicyclic amines) is 1. The van der Waals surface area contributed by atoms with Crippen LogP contribution in [0.5, 0.6) is 0 Å². The first-order valence-corrected chi connectivity index (χ1v) is 7.44. The van der Waals surface area contributed by atoms with Crippen molar-refractivity contribution in [3.63, 3.8) is 0 Å². The smallest absolute Gasteiger partial charge is 0.234 e. The van der Waals surface area contributed by atoms with Gasteiger partial charge in [-0.05, 0) is 26.7 Å². The Morgan fingerprint density at radius 2 is 1.55 bits per heavy atom. The molecule has 110 valence electrons. The van der Waals surface area contributed by atoms with Crippen molar-refractivity contribution in [1.29, 1.82) is 0 Å². The molecule has 0 aromatic rings. The lowest BCUT2D eigenvalue weighted by atomic mass is 9.85. The molecule has 2 amide bonds. The van der Waals surface area contributed by atoms with Gasteiger partial charge in [0.15, 0.2) is 0 Å². The Hall–Kier alpha value is -1.20. The summed E-state index contributed by atoms with van der Waals surface area (Å²) in [5.41, 5.74) is 0. The van der Waals surface area contributed by atoms with E-state index in [9.17, 15) is 9.59 Å². The Kier molecular flexibility index (Phi) is 3.65. The van der Waals surface area contributed by atoms with Gasteiger partial charge < -0.3 is 4.74 Å². The molecule has 2 saturated heterocycles. The van der Waals surface area contributed by atoms with E-state index in [1.807, 2.05) is 26.0 Å². The number of ether oxygens (including phenoxy) is 1. The van der Waals surface area contributed by atoms with E-state index in [1.165, 1.54) is 4.90 Å². The predicted molar refractivity (Wildman–Crippen MR) is 73.7 cm³/mol. The number of allylic oxidation sites excluding steroid dienone is 2. The molecule has 0 aromatic heterocycles. The third-order valence-electron chi connectivity index (χ3n) is 4.44. The van der Waals surface area contributed by atoms with Gasteiger partial charge in [-0.1, -0.05) is 12.2 Å². The number of carbonyl (C=O) groups excluding carboxylic acids is 2. The number of hydrogen-bond acceptors (Lipinski definition) is 4. The fourth-order valence-corrected chi connectivity index (χ4v) is 3.61. The van der Waals surface area contributed by atoms with E-state index in [-0.39, 0.29) is 35.9 Å². The molecule has 4 atom stereocenters. The van der Waals surface area contributed by atoms with Crippen LogP contribution in [0.15, 0.2) is 12.2 Å². The molecule has 5 heteroatoms. The first-order chi connectivity index (χ1) is 9.56. The zero-order chi connectivity index (χ0) is 14.3. The van der Waals surface area contributed by atoms with E-state index in [4.69, 9.17) is 4.74 Å². The highest BCUT2D eigenvalue weighted by Gasteiger charge is 2.47. The third kappa shape index (κ3) is 2.40. The number of fused-ring (bicyclic) bond motifs is 1. The maximum Gasteiger partial charge on any atom is 0.234 e. The van der Waals surface area contributed by atoms with E-state index in [0.717, 1.165) is 13.1 Å². The number of imide groups is 1. The highest BCUT2D eigenvalue weighted by atomic mass is 16.5. The van der Waals surface area contributed by atoms with Crippen LogP contribution in [0.1, 0.15) is 26.7 Å². The summed E-state index contributed by atoms with van der Waals surface area (Å²) in [5, 5.41) is 0. The monoisotopic (exact) mass is 278 g/mol. The summed E-state index contributed by atoms with van der Waals surface area (Å²) >= 11 is 0. The van der Waals surface area contributed by atoms with Crippen LogP contribution in [0.4, 0.5) is 0 Å². The molecule has 2 aliphatic heterocycles. The van der Waals surface area contributed by atoms with Gasteiger partial charge in [-0.3, -0.25) is 19.4 Å². The summed E-state index contributed by atoms with van der Waals surface area (Å²) < 4.78 is 5.69. The van der Waals surface area contributed by atoms with E-state index < -0.39 is 0 Å². The molecule has 2 heterocycles. The molecule has 0 N–H and O–H groups in total. The molecule has 0 bridgehead atoms. The minimum absolute atomic E-state index is 0.0103. The van der Waals surface area contributed by atoms with Crippen LogP contribution in [0.2, 0.25) is 0 Å². The number of morpholine rings is 1. The summed E-state index contributed by atoms with van der Waals surface area (Å²) in [6.45, 7) is 6.02. The Bertz CT molecular complexity index is 412. The van der Waals surface area contributed by atoms with Gasteiger partial charge >= 0.3 is 0 Å². The Morgan fingerprint density at radius 3 is 2.05 bits per heavy atom. The minimum Gasteiger partial charge on any atom is -0.373 e. The molecule has 2 fully saturated rings. The fourth-order valence-electron chi connectivity index (χ4n) is 3.61. The summed E-state index contributed by atoms with van der Waals surface area (Å²) in [6.07, 6.45) is 5.76. The average Bonchev–Trinajstić information content (AvgIpc) is 2.64. The molecule has 0 unspecified atom stereocenters. The number of nitrogens with zero attached hydrogens (tertiary/aromatic N) is 2. The van der Waals surface area contributed by atoms with Gasteiger partial charge in [-0.25, -0.2) is 0 Å². The quantitative estimate of drug-likeness (QED) is 0.558. The van der Waals surface area contributed by atoms with E-state index in [2.05, 4.69) is 4.90 Å². The Morgan fingerprint density at radius 1 is 1.05 bits per heavy atom. The molecule has 20 heavy (non-hydrogen) atoms. The van der Waals surface area contributed by atoms with Crippen molar-refractivity contribution in [2.24, 2.45) is 11.8 Å².